The van der Waals surface area contributed by atoms with Gasteiger partial charge in [-0.15, -0.1) is 0 Å². The summed E-state index contributed by atoms with van der Waals surface area (Å²) in [5, 5.41) is 11.0. The molecular weight excluding hydrogens is 284 g/mol. The van der Waals surface area contributed by atoms with Crippen LogP contribution in [0.4, 0.5) is 0 Å². The molecule has 0 atom stereocenters. The van der Waals surface area contributed by atoms with Crippen LogP contribution in [0.2, 0.25) is 0 Å². The summed E-state index contributed by atoms with van der Waals surface area (Å²) in [7, 11) is 1.81. The van der Waals surface area contributed by atoms with E-state index in [0.29, 0.717) is 0 Å². The predicted molar refractivity (Wildman–Crippen MR) is 89.0 cm³/mol. The monoisotopic (exact) mass is 310 g/mol. The number of rotatable bonds is 5. The number of hydrogen-bond donors (Lipinski definition) is 2. The van der Waals surface area contributed by atoms with Crippen LogP contribution in [0.5, 0.6) is 0 Å². The Balaban J connectivity index is 1.78. The Morgan fingerprint density at radius 2 is 2.14 bits per heavy atom. The molecule has 118 valence electrons. The second-order valence-corrected chi connectivity index (χ2v) is 6.60. The van der Waals surface area contributed by atoms with Crippen molar-refractivity contribution < 1.29 is 4.74 Å². The third-order valence-electron chi connectivity index (χ3n) is 3.82. The van der Waals surface area contributed by atoms with Crippen molar-refractivity contribution in [1.82, 2.24) is 15.5 Å². The van der Waals surface area contributed by atoms with Crippen LogP contribution in [0, 0.1) is 0 Å². The Labute approximate surface area is 131 Å². The van der Waals surface area contributed by atoms with Crippen LogP contribution in [0.3, 0.4) is 0 Å². The summed E-state index contributed by atoms with van der Waals surface area (Å²) in [4.78, 5) is 6.76. The molecule has 0 saturated carbocycles. The van der Waals surface area contributed by atoms with Crippen molar-refractivity contribution in [2.75, 3.05) is 39.9 Å². The lowest BCUT2D eigenvalue weighted by molar-refractivity contribution is -0.00834. The first-order valence-corrected chi connectivity index (χ1v) is 8.34. The smallest absolute Gasteiger partial charge is 0.191 e. The minimum atomic E-state index is 0.0871. The summed E-state index contributed by atoms with van der Waals surface area (Å²) in [6, 6.07) is 2.13. The molecule has 0 bridgehead atoms. The third kappa shape index (κ3) is 4.98. The van der Waals surface area contributed by atoms with E-state index in [2.05, 4.69) is 51.2 Å². The number of nitrogens with zero attached hydrogens (tertiary/aromatic N) is 2. The SMILES string of the molecule is CN=C(NCc1ccsc1)NCC(C)(C)N1CCOCC1. The van der Waals surface area contributed by atoms with E-state index in [1.165, 1.54) is 5.56 Å². The quantitative estimate of drug-likeness (QED) is 0.639. The van der Waals surface area contributed by atoms with Gasteiger partial charge >= 0.3 is 0 Å². The Bertz CT molecular complexity index is 439. The van der Waals surface area contributed by atoms with Crippen molar-refractivity contribution in [2.45, 2.75) is 25.9 Å². The number of aliphatic imine (C=N–C) groups is 1. The Hall–Kier alpha value is -1.11. The van der Waals surface area contributed by atoms with Gasteiger partial charge in [-0.05, 0) is 36.2 Å². The van der Waals surface area contributed by atoms with Crippen LogP contribution in [0.1, 0.15) is 19.4 Å². The summed E-state index contributed by atoms with van der Waals surface area (Å²) >= 11 is 1.72. The normalized spacial score (nSPS) is 17.8. The minimum Gasteiger partial charge on any atom is -0.379 e. The van der Waals surface area contributed by atoms with Gasteiger partial charge in [-0.2, -0.15) is 11.3 Å². The summed E-state index contributed by atoms with van der Waals surface area (Å²) in [6.07, 6.45) is 0. The summed E-state index contributed by atoms with van der Waals surface area (Å²) in [5.41, 5.74) is 1.37. The largest absolute Gasteiger partial charge is 0.379 e. The van der Waals surface area contributed by atoms with Gasteiger partial charge in [0.25, 0.3) is 0 Å². The highest BCUT2D eigenvalue weighted by molar-refractivity contribution is 7.07. The lowest BCUT2D eigenvalue weighted by Crippen LogP contribution is -2.56. The van der Waals surface area contributed by atoms with Crippen molar-refractivity contribution in [3.63, 3.8) is 0 Å². The number of ether oxygens (including phenoxy) is 1. The molecule has 6 heteroatoms. The highest BCUT2D eigenvalue weighted by atomic mass is 32.1. The number of guanidine groups is 1. The Kier molecular flexibility index (Phi) is 6.02. The van der Waals surface area contributed by atoms with Crippen LogP contribution < -0.4 is 10.6 Å². The second kappa shape index (κ2) is 7.77. The topological polar surface area (TPSA) is 48.9 Å². The van der Waals surface area contributed by atoms with Crippen LogP contribution in [-0.4, -0.2) is 56.3 Å². The van der Waals surface area contributed by atoms with Gasteiger partial charge in [0.1, 0.15) is 0 Å². The number of nitrogens with one attached hydrogen (secondary N) is 2. The zero-order valence-electron chi connectivity index (χ0n) is 13.2. The van der Waals surface area contributed by atoms with Crippen molar-refractivity contribution in [1.29, 1.82) is 0 Å². The van der Waals surface area contributed by atoms with Crippen LogP contribution in [0.15, 0.2) is 21.8 Å². The lowest BCUT2D eigenvalue weighted by atomic mass is 10.0. The summed E-state index contributed by atoms with van der Waals surface area (Å²) in [6.45, 7) is 9.83. The Morgan fingerprint density at radius 3 is 2.76 bits per heavy atom. The van der Waals surface area contributed by atoms with Gasteiger partial charge in [0.2, 0.25) is 0 Å². The molecule has 1 aromatic heterocycles. The molecule has 1 fully saturated rings. The van der Waals surface area contributed by atoms with Crippen LogP contribution in [0.25, 0.3) is 0 Å². The third-order valence-corrected chi connectivity index (χ3v) is 4.55. The summed E-state index contributed by atoms with van der Waals surface area (Å²) in [5.74, 6) is 0.850. The van der Waals surface area contributed by atoms with Crippen molar-refractivity contribution in [2.24, 2.45) is 4.99 Å². The van der Waals surface area contributed by atoms with E-state index in [1.54, 1.807) is 11.3 Å². The zero-order chi connectivity index (χ0) is 15.1. The molecule has 0 unspecified atom stereocenters. The van der Waals surface area contributed by atoms with Gasteiger partial charge in [-0.25, -0.2) is 0 Å². The molecule has 1 aromatic rings. The molecule has 2 heterocycles. The molecule has 0 radical (unpaired) electrons. The van der Waals surface area contributed by atoms with Gasteiger partial charge in [0, 0.05) is 38.8 Å². The fourth-order valence-corrected chi connectivity index (χ4v) is 3.05. The van der Waals surface area contributed by atoms with Crippen molar-refractivity contribution >= 4 is 17.3 Å². The molecule has 0 spiro atoms. The van der Waals surface area contributed by atoms with E-state index in [-0.39, 0.29) is 5.54 Å². The molecular formula is C15H26N4OS. The van der Waals surface area contributed by atoms with E-state index in [1.807, 2.05) is 7.05 Å². The maximum absolute atomic E-state index is 5.42. The maximum Gasteiger partial charge on any atom is 0.191 e. The molecule has 2 rings (SSSR count). The first-order chi connectivity index (χ1) is 10.1. The van der Waals surface area contributed by atoms with Crippen LogP contribution >= 0.6 is 11.3 Å². The van der Waals surface area contributed by atoms with Gasteiger partial charge < -0.3 is 15.4 Å². The molecule has 1 aliphatic heterocycles. The van der Waals surface area contributed by atoms with E-state index >= 15 is 0 Å². The average Bonchev–Trinajstić information content (AvgIpc) is 3.02. The highest BCUT2D eigenvalue weighted by Gasteiger charge is 2.28. The standard InChI is InChI=1S/C15H26N4OS/c1-15(2,19-5-7-20-8-6-19)12-18-14(16-3)17-10-13-4-9-21-11-13/h4,9,11H,5-8,10,12H2,1-3H3,(H2,16,17,18). The fourth-order valence-electron chi connectivity index (χ4n) is 2.38. The number of hydrogen-bond acceptors (Lipinski definition) is 4. The molecule has 1 aliphatic rings. The highest BCUT2D eigenvalue weighted by Crippen LogP contribution is 2.15. The minimum absolute atomic E-state index is 0.0871. The number of morpholine rings is 1. The molecule has 2 N–H and O–H groups in total. The van der Waals surface area contributed by atoms with Crippen molar-refractivity contribution in [3.8, 4) is 0 Å². The van der Waals surface area contributed by atoms with E-state index in [9.17, 15) is 0 Å². The van der Waals surface area contributed by atoms with Crippen LogP contribution in [-0.2, 0) is 11.3 Å². The Morgan fingerprint density at radius 1 is 1.38 bits per heavy atom. The van der Waals surface area contributed by atoms with E-state index in [0.717, 1.165) is 45.4 Å². The maximum atomic E-state index is 5.42. The van der Waals surface area contributed by atoms with Crippen molar-refractivity contribution in [3.05, 3.63) is 22.4 Å². The molecule has 21 heavy (non-hydrogen) atoms. The molecule has 0 aromatic carbocycles. The van der Waals surface area contributed by atoms with Gasteiger partial charge in [0.15, 0.2) is 5.96 Å². The number of thiophene rings is 1. The molecule has 5 nitrogen and oxygen atoms in total. The predicted octanol–water partition coefficient (Wildman–Crippen LogP) is 1.52. The molecule has 1 saturated heterocycles. The lowest BCUT2D eigenvalue weighted by Gasteiger charge is -2.41. The summed E-state index contributed by atoms with van der Waals surface area (Å²) < 4.78 is 5.42. The van der Waals surface area contributed by atoms with Gasteiger partial charge in [-0.1, -0.05) is 0 Å². The van der Waals surface area contributed by atoms with Gasteiger partial charge in [0.05, 0.1) is 13.2 Å². The molecule has 0 amide bonds. The molecule has 0 aliphatic carbocycles. The second-order valence-electron chi connectivity index (χ2n) is 5.82. The fraction of sp³-hybridized carbons (Fsp3) is 0.667. The zero-order valence-corrected chi connectivity index (χ0v) is 14.0. The first kappa shape index (κ1) is 16.3. The van der Waals surface area contributed by atoms with Gasteiger partial charge in [-0.3, -0.25) is 9.89 Å². The average molecular weight is 310 g/mol. The first-order valence-electron chi connectivity index (χ1n) is 7.40. The van der Waals surface area contributed by atoms with E-state index in [4.69, 9.17) is 4.74 Å². The van der Waals surface area contributed by atoms with E-state index < -0.39 is 0 Å².